The van der Waals surface area contributed by atoms with Gasteiger partial charge in [-0.25, -0.2) is 4.98 Å². The van der Waals surface area contributed by atoms with Gasteiger partial charge in [-0.2, -0.15) is 0 Å². The Labute approximate surface area is 144 Å². The SMILES string of the molecule is O=C1CCCCC(=O)N(c2cccc(Cl)c2)c2ncccc2C1=O. The van der Waals surface area contributed by atoms with E-state index in [1.807, 2.05) is 0 Å². The summed E-state index contributed by atoms with van der Waals surface area (Å²) in [6, 6.07) is 9.88. The summed E-state index contributed by atoms with van der Waals surface area (Å²) in [6.07, 6.45) is 2.96. The standard InChI is InChI=1S/C18H15ClN2O3/c19-12-5-3-6-13(11-12)21-16(23)9-2-1-8-15(22)17(24)14-7-4-10-20-18(14)21/h3-7,10-11H,1-2,8-9H2. The second-order valence-corrected chi connectivity index (χ2v) is 5.98. The van der Waals surface area contributed by atoms with Crippen LogP contribution in [0.3, 0.4) is 0 Å². The zero-order chi connectivity index (χ0) is 17.1. The Balaban J connectivity index is 2.19. The average molecular weight is 343 g/mol. The predicted molar refractivity (Wildman–Crippen MR) is 90.6 cm³/mol. The molecular formula is C18H15ClN2O3. The lowest BCUT2D eigenvalue weighted by molar-refractivity contribution is -0.119. The van der Waals surface area contributed by atoms with Gasteiger partial charge in [0.25, 0.3) is 0 Å². The fraction of sp³-hybridized carbons (Fsp3) is 0.222. The lowest BCUT2D eigenvalue weighted by Gasteiger charge is -2.24. The van der Waals surface area contributed by atoms with Crippen LogP contribution in [-0.4, -0.2) is 22.5 Å². The Hall–Kier alpha value is -2.53. The molecule has 0 N–H and O–H groups in total. The highest BCUT2D eigenvalue weighted by Crippen LogP contribution is 2.31. The van der Waals surface area contributed by atoms with Crippen LogP contribution in [0.2, 0.25) is 5.02 Å². The molecule has 1 aromatic carbocycles. The van der Waals surface area contributed by atoms with Crippen molar-refractivity contribution in [3.8, 4) is 0 Å². The maximum Gasteiger partial charge on any atom is 0.232 e. The summed E-state index contributed by atoms with van der Waals surface area (Å²) >= 11 is 6.04. The van der Waals surface area contributed by atoms with Gasteiger partial charge in [-0.05, 0) is 43.2 Å². The van der Waals surface area contributed by atoms with Gasteiger partial charge >= 0.3 is 0 Å². The highest BCUT2D eigenvalue weighted by molar-refractivity contribution is 6.45. The van der Waals surface area contributed by atoms with E-state index < -0.39 is 11.6 Å². The molecule has 1 amide bonds. The van der Waals surface area contributed by atoms with Crippen LogP contribution in [0.5, 0.6) is 0 Å². The fourth-order valence-corrected chi connectivity index (χ4v) is 2.87. The van der Waals surface area contributed by atoms with Crippen LogP contribution in [0.25, 0.3) is 0 Å². The van der Waals surface area contributed by atoms with Gasteiger partial charge < -0.3 is 0 Å². The number of halogens is 1. The van der Waals surface area contributed by atoms with Gasteiger partial charge in [0.1, 0.15) is 0 Å². The quantitative estimate of drug-likeness (QED) is 0.741. The Morgan fingerprint density at radius 1 is 1.00 bits per heavy atom. The van der Waals surface area contributed by atoms with Crippen LogP contribution in [0.15, 0.2) is 42.6 Å². The number of hydrogen-bond donors (Lipinski definition) is 0. The molecule has 2 aromatic rings. The van der Waals surface area contributed by atoms with E-state index in [1.54, 1.807) is 30.3 Å². The highest BCUT2D eigenvalue weighted by atomic mass is 35.5. The molecule has 5 nitrogen and oxygen atoms in total. The van der Waals surface area contributed by atoms with Crippen molar-refractivity contribution in [3.05, 3.63) is 53.2 Å². The van der Waals surface area contributed by atoms with E-state index in [0.717, 1.165) is 0 Å². The third-order valence-corrected chi connectivity index (χ3v) is 4.09. The van der Waals surface area contributed by atoms with Crippen LogP contribution in [-0.2, 0) is 9.59 Å². The van der Waals surface area contributed by atoms with Gasteiger partial charge in [-0.3, -0.25) is 19.3 Å². The Bertz CT molecular complexity index is 819. The number of hydrogen-bond acceptors (Lipinski definition) is 4. The molecule has 0 saturated heterocycles. The van der Waals surface area contributed by atoms with Gasteiger partial charge in [-0.1, -0.05) is 17.7 Å². The van der Waals surface area contributed by atoms with Crippen molar-refractivity contribution >= 4 is 40.6 Å². The number of nitrogens with zero attached hydrogens (tertiary/aromatic N) is 2. The molecule has 122 valence electrons. The molecule has 0 spiro atoms. The van der Waals surface area contributed by atoms with Gasteiger partial charge in [-0.15, -0.1) is 0 Å². The summed E-state index contributed by atoms with van der Waals surface area (Å²) in [5, 5.41) is 0.470. The van der Waals surface area contributed by atoms with Gasteiger partial charge in [0.15, 0.2) is 5.82 Å². The second-order valence-electron chi connectivity index (χ2n) is 5.54. The van der Waals surface area contributed by atoms with Crippen LogP contribution >= 0.6 is 11.6 Å². The van der Waals surface area contributed by atoms with Crippen molar-refractivity contribution in [2.75, 3.05) is 4.90 Å². The molecule has 0 saturated carbocycles. The van der Waals surface area contributed by atoms with Crippen molar-refractivity contribution in [2.45, 2.75) is 25.7 Å². The number of carbonyl (C=O) groups excluding carboxylic acids is 3. The second kappa shape index (κ2) is 6.93. The van der Waals surface area contributed by atoms with E-state index >= 15 is 0 Å². The summed E-state index contributed by atoms with van der Waals surface area (Å²) in [5.74, 6) is -1.08. The summed E-state index contributed by atoms with van der Waals surface area (Å²) in [5.41, 5.74) is 0.658. The smallest absolute Gasteiger partial charge is 0.232 e. The molecule has 0 aliphatic carbocycles. The lowest BCUT2D eigenvalue weighted by Crippen LogP contribution is -2.30. The number of rotatable bonds is 1. The maximum absolute atomic E-state index is 12.7. The van der Waals surface area contributed by atoms with Crippen molar-refractivity contribution in [2.24, 2.45) is 0 Å². The first-order valence-electron chi connectivity index (χ1n) is 7.69. The first-order valence-corrected chi connectivity index (χ1v) is 8.07. The molecular weight excluding hydrogens is 328 g/mol. The van der Waals surface area contributed by atoms with E-state index in [-0.39, 0.29) is 30.1 Å². The molecule has 0 fully saturated rings. The van der Waals surface area contributed by atoms with Crippen molar-refractivity contribution < 1.29 is 14.4 Å². The number of fused-ring (bicyclic) bond motifs is 1. The van der Waals surface area contributed by atoms with Gasteiger partial charge in [0.2, 0.25) is 17.5 Å². The number of carbonyl (C=O) groups is 3. The highest BCUT2D eigenvalue weighted by Gasteiger charge is 2.28. The Morgan fingerprint density at radius 2 is 1.79 bits per heavy atom. The third kappa shape index (κ3) is 3.21. The topological polar surface area (TPSA) is 67.3 Å². The summed E-state index contributed by atoms with van der Waals surface area (Å²) in [4.78, 5) is 42.8. The molecule has 2 heterocycles. The molecule has 0 atom stereocenters. The number of Topliss-reactive ketones (excluding diaryl/α,β-unsaturated/α-hetero) is 2. The molecule has 6 heteroatoms. The maximum atomic E-state index is 12.7. The largest absolute Gasteiger partial charge is 0.290 e. The summed E-state index contributed by atoms with van der Waals surface area (Å²) in [7, 11) is 0. The van der Waals surface area contributed by atoms with Gasteiger partial charge in [0.05, 0.1) is 11.3 Å². The van der Waals surface area contributed by atoms with Crippen LogP contribution in [0, 0.1) is 0 Å². The Kier molecular flexibility index (Phi) is 4.71. The van der Waals surface area contributed by atoms with E-state index in [4.69, 9.17) is 11.6 Å². The average Bonchev–Trinajstić information content (AvgIpc) is 2.58. The lowest BCUT2D eigenvalue weighted by atomic mass is 10.0. The predicted octanol–water partition coefficient (Wildman–Crippen LogP) is 3.73. The zero-order valence-electron chi connectivity index (χ0n) is 12.9. The third-order valence-electron chi connectivity index (χ3n) is 3.86. The zero-order valence-corrected chi connectivity index (χ0v) is 13.6. The van der Waals surface area contributed by atoms with Crippen molar-refractivity contribution in [3.63, 3.8) is 0 Å². The molecule has 1 aliphatic heterocycles. The normalized spacial score (nSPS) is 16.0. The monoisotopic (exact) mass is 342 g/mol. The number of amides is 1. The van der Waals surface area contributed by atoms with E-state index in [9.17, 15) is 14.4 Å². The number of pyridine rings is 1. The minimum atomic E-state index is -0.611. The van der Waals surface area contributed by atoms with Crippen molar-refractivity contribution in [1.29, 1.82) is 0 Å². The molecule has 1 aromatic heterocycles. The van der Waals surface area contributed by atoms with Gasteiger partial charge in [0, 0.05) is 24.1 Å². The van der Waals surface area contributed by atoms with Crippen molar-refractivity contribution in [1.82, 2.24) is 4.98 Å². The van der Waals surface area contributed by atoms with E-state index in [2.05, 4.69) is 4.98 Å². The first kappa shape index (κ1) is 16.3. The molecule has 0 unspecified atom stereocenters. The minimum absolute atomic E-state index is 0.137. The van der Waals surface area contributed by atoms with Crippen LogP contribution in [0.4, 0.5) is 11.5 Å². The first-order chi connectivity index (χ1) is 11.6. The van der Waals surface area contributed by atoms with Crippen LogP contribution < -0.4 is 4.90 Å². The fourth-order valence-electron chi connectivity index (χ4n) is 2.69. The molecule has 24 heavy (non-hydrogen) atoms. The number of benzene rings is 1. The molecule has 0 radical (unpaired) electrons. The van der Waals surface area contributed by atoms with E-state index in [1.165, 1.54) is 17.2 Å². The molecule has 1 aliphatic rings. The molecule has 0 bridgehead atoms. The van der Waals surface area contributed by atoms with Crippen LogP contribution in [0.1, 0.15) is 36.0 Å². The molecule has 3 rings (SSSR count). The number of aromatic nitrogens is 1. The number of ketones is 2. The minimum Gasteiger partial charge on any atom is -0.290 e. The number of anilines is 2. The summed E-state index contributed by atoms with van der Waals surface area (Å²) in [6.45, 7) is 0. The van der Waals surface area contributed by atoms with E-state index in [0.29, 0.717) is 23.6 Å². The Morgan fingerprint density at radius 3 is 2.58 bits per heavy atom. The summed E-state index contributed by atoms with van der Waals surface area (Å²) < 4.78 is 0.